The van der Waals surface area contributed by atoms with Crippen molar-refractivity contribution in [3.8, 4) is 11.5 Å². The van der Waals surface area contributed by atoms with Crippen LogP contribution in [0.25, 0.3) is 0 Å². The van der Waals surface area contributed by atoms with E-state index in [1.54, 1.807) is 38.5 Å². The van der Waals surface area contributed by atoms with Gasteiger partial charge in [0.1, 0.15) is 16.7 Å². The molecule has 0 unspecified atom stereocenters. The number of hydrazone groups is 1. The average molecular weight is 515 g/mol. The fourth-order valence-electron chi connectivity index (χ4n) is 4.24. The first kappa shape index (κ1) is 24.6. The van der Waals surface area contributed by atoms with E-state index in [0.717, 1.165) is 22.6 Å². The molecule has 0 fully saturated rings. The van der Waals surface area contributed by atoms with Crippen molar-refractivity contribution in [2.24, 2.45) is 10.1 Å². The Morgan fingerprint density at radius 1 is 0.973 bits per heavy atom. The van der Waals surface area contributed by atoms with E-state index >= 15 is 0 Å². The van der Waals surface area contributed by atoms with Crippen molar-refractivity contribution in [1.82, 2.24) is 5.01 Å². The van der Waals surface area contributed by atoms with Crippen LogP contribution in [0, 0.1) is 0 Å². The van der Waals surface area contributed by atoms with Crippen molar-refractivity contribution in [3.05, 3.63) is 90.0 Å². The summed E-state index contributed by atoms with van der Waals surface area (Å²) in [5, 5.41) is 9.41. The molecule has 2 atom stereocenters. The topological polar surface area (TPSA) is 92.6 Å². The SMILES string of the molecule is COc1ccc(NC(=O)C[C@@H]2SC(N3N=C(c4ccccc4)C[C@@H]3c3ccc(OC)cc3)=NC2=O)cc1. The van der Waals surface area contributed by atoms with E-state index in [1.165, 1.54) is 11.8 Å². The van der Waals surface area contributed by atoms with E-state index in [-0.39, 0.29) is 24.3 Å². The summed E-state index contributed by atoms with van der Waals surface area (Å²) in [6, 6.07) is 24.7. The van der Waals surface area contributed by atoms with E-state index < -0.39 is 5.25 Å². The van der Waals surface area contributed by atoms with Crippen LogP contribution in [0.1, 0.15) is 30.0 Å². The largest absolute Gasteiger partial charge is 0.497 e. The molecule has 0 bridgehead atoms. The molecule has 0 saturated carbocycles. The fourth-order valence-corrected chi connectivity index (χ4v) is 5.30. The lowest BCUT2D eigenvalue weighted by Crippen LogP contribution is -2.25. The molecule has 2 heterocycles. The molecule has 1 N–H and O–H groups in total. The molecule has 5 rings (SSSR count). The molecule has 8 nitrogen and oxygen atoms in total. The van der Waals surface area contributed by atoms with Gasteiger partial charge in [-0.15, -0.1) is 0 Å². The predicted octanol–water partition coefficient (Wildman–Crippen LogP) is 4.88. The van der Waals surface area contributed by atoms with Gasteiger partial charge in [-0.2, -0.15) is 10.1 Å². The summed E-state index contributed by atoms with van der Waals surface area (Å²) in [6.07, 6.45) is 0.672. The van der Waals surface area contributed by atoms with Gasteiger partial charge in [0.05, 0.1) is 26.0 Å². The Morgan fingerprint density at radius 2 is 1.62 bits per heavy atom. The van der Waals surface area contributed by atoms with Crippen LogP contribution in [0.2, 0.25) is 0 Å². The van der Waals surface area contributed by atoms with Crippen molar-refractivity contribution >= 4 is 40.1 Å². The van der Waals surface area contributed by atoms with Crippen molar-refractivity contribution in [3.63, 3.8) is 0 Å². The van der Waals surface area contributed by atoms with Crippen LogP contribution in [0.3, 0.4) is 0 Å². The Labute approximate surface area is 219 Å². The quantitative estimate of drug-likeness (QED) is 0.483. The monoisotopic (exact) mass is 514 g/mol. The molecule has 37 heavy (non-hydrogen) atoms. The van der Waals surface area contributed by atoms with Crippen LogP contribution in [0.4, 0.5) is 5.69 Å². The average Bonchev–Trinajstić information content (AvgIpc) is 3.53. The number of anilines is 1. The number of carbonyl (C=O) groups excluding carboxylic acids is 2. The number of rotatable bonds is 7. The number of methoxy groups -OCH3 is 2. The molecule has 2 aliphatic heterocycles. The normalized spacial score (nSPS) is 18.9. The van der Waals surface area contributed by atoms with Gasteiger partial charge < -0.3 is 14.8 Å². The zero-order valence-electron chi connectivity index (χ0n) is 20.5. The first-order valence-electron chi connectivity index (χ1n) is 11.8. The van der Waals surface area contributed by atoms with Gasteiger partial charge in [-0.1, -0.05) is 54.2 Å². The lowest BCUT2D eigenvalue weighted by atomic mass is 9.98. The molecule has 0 aliphatic carbocycles. The van der Waals surface area contributed by atoms with Crippen molar-refractivity contribution in [2.75, 3.05) is 19.5 Å². The van der Waals surface area contributed by atoms with Crippen molar-refractivity contribution in [2.45, 2.75) is 24.1 Å². The molecule has 0 spiro atoms. The number of nitrogens with one attached hydrogen (secondary N) is 1. The van der Waals surface area contributed by atoms with Gasteiger partial charge in [0.2, 0.25) is 5.91 Å². The Morgan fingerprint density at radius 3 is 2.27 bits per heavy atom. The highest BCUT2D eigenvalue weighted by Crippen LogP contribution is 2.39. The number of hydrogen-bond donors (Lipinski definition) is 1. The zero-order valence-corrected chi connectivity index (χ0v) is 21.3. The summed E-state index contributed by atoms with van der Waals surface area (Å²) in [5.41, 5.74) is 3.61. The summed E-state index contributed by atoms with van der Waals surface area (Å²) >= 11 is 1.28. The molecule has 0 aromatic heterocycles. The second-order valence-corrected chi connectivity index (χ2v) is 9.74. The van der Waals surface area contributed by atoms with Crippen LogP contribution < -0.4 is 14.8 Å². The summed E-state index contributed by atoms with van der Waals surface area (Å²) in [6.45, 7) is 0. The van der Waals surface area contributed by atoms with E-state index in [2.05, 4.69) is 10.3 Å². The fraction of sp³-hybridized carbons (Fsp3) is 0.214. The number of benzene rings is 3. The first-order valence-corrected chi connectivity index (χ1v) is 12.7. The first-order chi connectivity index (χ1) is 18.0. The summed E-state index contributed by atoms with van der Waals surface area (Å²) in [7, 11) is 3.22. The minimum absolute atomic E-state index is 0.0127. The predicted molar refractivity (Wildman–Crippen MR) is 145 cm³/mol. The molecular formula is C28H26N4O4S. The molecular weight excluding hydrogens is 488 g/mol. The Bertz CT molecular complexity index is 1340. The Hall–Kier alpha value is -4.11. The van der Waals surface area contributed by atoms with Gasteiger partial charge in [-0.05, 0) is 47.5 Å². The third-order valence-electron chi connectivity index (χ3n) is 6.19. The molecule has 3 aromatic carbocycles. The summed E-state index contributed by atoms with van der Waals surface area (Å²) in [4.78, 5) is 29.8. The molecule has 3 aromatic rings. The maximum atomic E-state index is 12.8. The van der Waals surface area contributed by atoms with Gasteiger partial charge >= 0.3 is 0 Å². The summed E-state index contributed by atoms with van der Waals surface area (Å²) < 4.78 is 10.5. The van der Waals surface area contributed by atoms with E-state index in [4.69, 9.17) is 14.6 Å². The van der Waals surface area contributed by atoms with Gasteiger partial charge in [0.25, 0.3) is 5.91 Å². The molecule has 9 heteroatoms. The molecule has 188 valence electrons. The molecule has 0 radical (unpaired) electrons. The second-order valence-electron chi connectivity index (χ2n) is 8.57. The lowest BCUT2D eigenvalue weighted by Gasteiger charge is -2.23. The highest BCUT2D eigenvalue weighted by Gasteiger charge is 2.39. The van der Waals surface area contributed by atoms with Crippen molar-refractivity contribution in [1.29, 1.82) is 0 Å². The third kappa shape index (κ3) is 5.51. The van der Waals surface area contributed by atoms with Crippen molar-refractivity contribution < 1.29 is 19.1 Å². The minimum Gasteiger partial charge on any atom is -0.497 e. The Balaban J connectivity index is 1.32. The standard InChI is InChI=1S/C28H26N4O4S/c1-35-21-12-8-19(9-13-21)24-16-23(18-6-4-3-5-7-18)31-32(24)28-30-27(34)25(37-28)17-26(33)29-20-10-14-22(36-2)15-11-20/h3-15,24-25H,16-17H2,1-2H3,(H,29,33)/t24-,25+/m1/s1. The number of nitrogens with zero attached hydrogens (tertiary/aromatic N) is 3. The zero-order chi connectivity index (χ0) is 25.8. The van der Waals surface area contributed by atoms with Gasteiger partial charge in [0.15, 0.2) is 5.17 Å². The van der Waals surface area contributed by atoms with E-state index in [1.807, 2.05) is 59.6 Å². The number of ether oxygens (including phenoxy) is 2. The van der Waals surface area contributed by atoms with E-state index in [0.29, 0.717) is 23.0 Å². The highest BCUT2D eigenvalue weighted by molar-refractivity contribution is 8.15. The van der Waals surface area contributed by atoms with Crippen LogP contribution in [-0.2, 0) is 9.59 Å². The maximum absolute atomic E-state index is 12.8. The minimum atomic E-state index is -0.610. The van der Waals surface area contributed by atoms with Gasteiger partial charge in [0, 0.05) is 18.5 Å². The number of thioether (sulfide) groups is 1. The third-order valence-corrected chi connectivity index (χ3v) is 7.33. The lowest BCUT2D eigenvalue weighted by molar-refractivity contribution is -0.121. The Kier molecular flexibility index (Phi) is 7.23. The number of hydrogen-bond acceptors (Lipinski definition) is 7. The number of aliphatic imine (C=N–C) groups is 1. The van der Waals surface area contributed by atoms with Crippen LogP contribution in [0.5, 0.6) is 11.5 Å². The van der Waals surface area contributed by atoms with Gasteiger partial charge in [-0.25, -0.2) is 5.01 Å². The smallest absolute Gasteiger partial charge is 0.262 e. The highest BCUT2D eigenvalue weighted by atomic mass is 32.2. The van der Waals surface area contributed by atoms with Crippen LogP contribution >= 0.6 is 11.8 Å². The summed E-state index contributed by atoms with van der Waals surface area (Å²) in [5.74, 6) is 0.879. The van der Waals surface area contributed by atoms with Crippen LogP contribution in [-0.4, -0.2) is 47.2 Å². The van der Waals surface area contributed by atoms with E-state index in [9.17, 15) is 9.59 Å². The number of carbonyl (C=O) groups is 2. The van der Waals surface area contributed by atoms with Gasteiger partial charge in [-0.3, -0.25) is 9.59 Å². The molecule has 2 amide bonds. The number of amides is 2. The van der Waals surface area contributed by atoms with Crippen LogP contribution in [0.15, 0.2) is 89.0 Å². The maximum Gasteiger partial charge on any atom is 0.262 e. The molecule has 0 saturated heterocycles. The molecule has 2 aliphatic rings. The second kappa shape index (κ2) is 10.9. The number of amidine groups is 1.